The van der Waals surface area contributed by atoms with Gasteiger partial charge in [-0.25, -0.2) is 26.7 Å². The summed E-state index contributed by atoms with van der Waals surface area (Å²) in [5.74, 6) is -2.23. The Morgan fingerprint density at radius 3 is 2.43 bits per heavy atom. The predicted molar refractivity (Wildman–Crippen MR) is 102 cm³/mol. The number of aromatic nitrogens is 1. The summed E-state index contributed by atoms with van der Waals surface area (Å²) in [6, 6.07) is 7.93. The maximum absolute atomic E-state index is 13.7. The monoisotopic (exact) mass is 415 g/mol. The number of amides is 2. The van der Waals surface area contributed by atoms with Crippen LogP contribution in [0.1, 0.15) is 14.8 Å². The molecule has 28 heavy (non-hydrogen) atoms. The largest absolute Gasteiger partial charge is 0.452 e. The van der Waals surface area contributed by atoms with E-state index in [-0.39, 0.29) is 31.5 Å². The Morgan fingerprint density at radius 2 is 1.79 bits per heavy atom. The van der Waals surface area contributed by atoms with Crippen molar-refractivity contribution in [1.82, 2.24) is 9.71 Å². The molecule has 0 atom stereocenters. The number of rotatable bonds is 4. The number of H-pyrrole nitrogens is 1. The van der Waals surface area contributed by atoms with E-state index in [4.69, 9.17) is 0 Å². The fourth-order valence-corrected chi connectivity index (χ4v) is 3.32. The van der Waals surface area contributed by atoms with Gasteiger partial charge in [0.15, 0.2) is 0 Å². The van der Waals surface area contributed by atoms with Crippen molar-refractivity contribution in [3.8, 4) is 0 Å². The maximum atomic E-state index is 13.7. The minimum atomic E-state index is -4.12. The molecule has 1 heterocycles. The zero-order valence-electron chi connectivity index (χ0n) is 14.2. The first-order valence-corrected chi connectivity index (χ1v) is 9.18. The van der Waals surface area contributed by atoms with Gasteiger partial charge in [0.2, 0.25) is 0 Å². The van der Waals surface area contributed by atoms with Crippen molar-refractivity contribution in [3.05, 3.63) is 59.8 Å². The summed E-state index contributed by atoms with van der Waals surface area (Å²) in [4.78, 5) is 25.8. The molecule has 3 aromatic rings. The fraction of sp³-hybridized carbons (Fsp3) is 0.0588. The van der Waals surface area contributed by atoms with Gasteiger partial charge in [0.05, 0.1) is 17.5 Å². The lowest BCUT2D eigenvalue weighted by Gasteiger charge is -2.07. The first-order chi connectivity index (χ1) is 13.2. The van der Waals surface area contributed by atoms with Gasteiger partial charge in [0, 0.05) is 21.4 Å². The Hall–Kier alpha value is -3.47. The molecule has 0 saturated carbocycles. The van der Waals surface area contributed by atoms with Crippen molar-refractivity contribution in [2.24, 2.45) is 0 Å². The second kappa shape index (κ2) is 7.27. The first kappa shape index (κ1) is 19.3. The average Bonchev–Trinajstić information content (AvgIpc) is 3.06. The van der Waals surface area contributed by atoms with Crippen LogP contribution in [0, 0.1) is 11.6 Å². The molecule has 0 aliphatic heterocycles. The molecule has 0 fully saturated rings. The summed E-state index contributed by atoms with van der Waals surface area (Å²) in [5.41, 5.74) is 0.355. The minimum absolute atomic E-state index is 0. The summed E-state index contributed by atoms with van der Waals surface area (Å²) < 4.78 is 56.8. The van der Waals surface area contributed by atoms with Gasteiger partial charge in [0.1, 0.15) is 17.3 Å². The van der Waals surface area contributed by atoms with E-state index in [9.17, 15) is 26.8 Å². The Kier molecular flexibility index (Phi) is 5.01. The van der Waals surface area contributed by atoms with Crippen LogP contribution in [0.4, 0.5) is 19.3 Å². The van der Waals surface area contributed by atoms with Crippen molar-refractivity contribution in [3.63, 3.8) is 0 Å². The number of benzene rings is 2. The summed E-state index contributed by atoms with van der Waals surface area (Å²) >= 11 is 0. The van der Waals surface area contributed by atoms with E-state index in [1.807, 2.05) is 0 Å². The molecule has 2 aromatic carbocycles. The smallest absolute Gasteiger partial charge is 0.420 e. The van der Waals surface area contributed by atoms with Crippen LogP contribution in [0.3, 0.4) is 0 Å². The maximum Gasteiger partial charge on any atom is 0.420 e. The summed E-state index contributed by atoms with van der Waals surface area (Å²) in [5, 5.41) is 2.55. The van der Waals surface area contributed by atoms with Gasteiger partial charge in [-0.15, -0.1) is 0 Å². The molecule has 0 saturated heterocycles. The highest BCUT2D eigenvalue weighted by molar-refractivity contribution is 7.90. The van der Waals surface area contributed by atoms with E-state index >= 15 is 0 Å². The molecule has 0 spiro atoms. The zero-order chi connectivity index (χ0) is 20.5. The molecular weight excluding hydrogens is 396 g/mol. The van der Waals surface area contributed by atoms with E-state index < -0.39 is 33.7 Å². The van der Waals surface area contributed by atoms with E-state index in [0.29, 0.717) is 6.07 Å². The van der Waals surface area contributed by atoms with Crippen molar-refractivity contribution in [2.45, 2.75) is 4.90 Å². The van der Waals surface area contributed by atoms with Gasteiger partial charge < -0.3 is 15.0 Å². The Labute approximate surface area is 162 Å². The average molecular weight is 415 g/mol. The lowest BCUT2D eigenvalue weighted by molar-refractivity contribution is 0.102. The molecule has 0 radical (unpaired) electrons. The van der Waals surface area contributed by atoms with Crippen LogP contribution >= 0.6 is 0 Å². The molecule has 11 heteroatoms. The number of ether oxygens (including phenoxy) is 1. The number of hydrogen-bond donors (Lipinski definition) is 3. The molecule has 0 aliphatic rings. The summed E-state index contributed by atoms with van der Waals surface area (Å²) in [6.07, 6.45) is -1.14. The number of methoxy groups -OCH3 is 1. The van der Waals surface area contributed by atoms with Crippen molar-refractivity contribution in [1.29, 1.82) is 0 Å². The van der Waals surface area contributed by atoms with Gasteiger partial charge in [0.25, 0.3) is 15.9 Å². The Bertz CT molecular complexity index is 1190. The van der Waals surface area contributed by atoms with Crippen LogP contribution in [0.25, 0.3) is 10.9 Å². The number of carbonyl (C=O) groups excluding carboxylic acids is 2. The topological polar surface area (TPSA) is 117 Å². The molecule has 0 aliphatic carbocycles. The second-order valence-corrected chi connectivity index (χ2v) is 7.29. The quantitative estimate of drug-likeness (QED) is 0.603. The first-order valence-electron chi connectivity index (χ1n) is 7.69. The van der Waals surface area contributed by atoms with Crippen molar-refractivity contribution in [2.75, 3.05) is 12.4 Å². The van der Waals surface area contributed by atoms with E-state index in [0.717, 1.165) is 13.2 Å². The summed E-state index contributed by atoms with van der Waals surface area (Å²) in [7, 11) is -3.09. The Balaban J connectivity index is 0.00000300. The highest BCUT2D eigenvalue weighted by atomic mass is 32.2. The molecule has 2 amide bonds. The van der Waals surface area contributed by atoms with E-state index in [1.54, 1.807) is 4.72 Å². The molecular formula is C17H19F2N3O5S. The number of fused-ring (bicyclic) bond motifs is 1. The fourth-order valence-electron chi connectivity index (χ4n) is 2.41. The normalized spacial score (nSPS) is 11.2. The van der Waals surface area contributed by atoms with Crippen LogP contribution in [-0.2, 0) is 14.8 Å². The van der Waals surface area contributed by atoms with Gasteiger partial charge in [-0.2, -0.15) is 0 Å². The molecule has 152 valence electrons. The number of hydrogen-bond acceptors (Lipinski definition) is 5. The van der Waals surface area contributed by atoms with Crippen LogP contribution in [0.5, 0.6) is 0 Å². The molecule has 3 rings (SSSR count). The molecule has 3 N–H and O–H groups in total. The highest BCUT2D eigenvalue weighted by Crippen LogP contribution is 2.21. The molecule has 0 bridgehead atoms. The van der Waals surface area contributed by atoms with E-state index in [2.05, 4.69) is 15.0 Å². The standard InChI is InChI=1S/C17H13F2N3O5S.3H2/c1-27-17(24)22-28(25,26)11-4-2-10(3-5-11)20-16(23)15-8-12-13(19)6-9(18)7-14(12)21-15;;;/h2-8,21H,1H3,(H,20,23)(H,22,24);3*1H. The number of aromatic amines is 1. The Morgan fingerprint density at radius 1 is 1.11 bits per heavy atom. The third kappa shape index (κ3) is 3.93. The van der Waals surface area contributed by atoms with Crippen LogP contribution in [0.2, 0.25) is 0 Å². The van der Waals surface area contributed by atoms with Gasteiger partial charge >= 0.3 is 6.09 Å². The number of carbonyl (C=O) groups is 2. The third-order valence-electron chi connectivity index (χ3n) is 3.72. The SMILES string of the molecule is COC(=O)NS(=O)(=O)c1ccc(NC(=O)c2cc3c(F)cc(F)cc3[nH]2)cc1.[HH].[HH].[HH]. The molecule has 1 aromatic heterocycles. The van der Waals surface area contributed by atoms with Crippen LogP contribution in [-0.4, -0.2) is 32.5 Å². The number of anilines is 1. The van der Waals surface area contributed by atoms with Gasteiger partial charge in [-0.3, -0.25) is 4.79 Å². The number of halogens is 2. The number of nitrogens with one attached hydrogen (secondary N) is 3. The van der Waals surface area contributed by atoms with Crippen molar-refractivity contribution < 1.29 is 35.8 Å². The highest BCUT2D eigenvalue weighted by Gasteiger charge is 2.18. The summed E-state index contributed by atoms with van der Waals surface area (Å²) in [6.45, 7) is 0. The predicted octanol–water partition coefficient (Wildman–Crippen LogP) is 3.48. The number of sulfonamides is 1. The van der Waals surface area contributed by atoms with Gasteiger partial charge in [-0.1, -0.05) is 0 Å². The minimum Gasteiger partial charge on any atom is -0.452 e. The lowest BCUT2D eigenvalue weighted by atomic mass is 10.2. The van der Waals surface area contributed by atoms with Crippen LogP contribution in [0.15, 0.2) is 47.4 Å². The molecule has 8 nitrogen and oxygen atoms in total. The lowest BCUT2D eigenvalue weighted by Crippen LogP contribution is -2.30. The van der Waals surface area contributed by atoms with Gasteiger partial charge in [-0.05, 0) is 36.4 Å². The van der Waals surface area contributed by atoms with Crippen LogP contribution < -0.4 is 10.0 Å². The second-order valence-electron chi connectivity index (χ2n) is 5.61. The van der Waals surface area contributed by atoms with Crippen molar-refractivity contribution >= 4 is 38.6 Å². The third-order valence-corrected chi connectivity index (χ3v) is 5.05. The molecule has 0 unspecified atom stereocenters. The zero-order valence-corrected chi connectivity index (χ0v) is 15.1. The van der Waals surface area contributed by atoms with E-state index in [1.165, 1.54) is 30.3 Å².